The molecule has 0 unspecified atom stereocenters. The summed E-state index contributed by atoms with van der Waals surface area (Å²) in [5, 5.41) is 0.305. The molecule has 0 fully saturated rings. The van der Waals surface area contributed by atoms with Crippen molar-refractivity contribution in [1.82, 2.24) is 0 Å². The lowest BCUT2D eigenvalue weighted by molar-refractivity contribution is 0.207. The van der Waals surface area contributed by atoms with Gasteiger partial charge >= 0.3 is 0 Å². The topological polar surface area (TPSA) is 38.5 Å². The first-order valence-corrected chi connectivity index (χ1v) is 8.67. The van der Waals surface area contributed by atoms with Gasteiger partial charge in [0.15, 0.2) is 0 Å². The third kappa shape index (κ3) is 4.12. The highest BCUT2D eigenvalue weighted by atomic mass is 35.5. The summed E-state index contributed by atoms with van der Waals surface area (Å²) in [5.74, 6) is -1.31. The molecule has 3 rings (SSSR count). The van der Waals surface area contributed by atoms with Crippen LogP contribution < -0.4 is 10.6 Å². The number of anilines is 1. The standard InChI is InChI=1S/C20H18ClF3N2O/c1-12-7-19(27-11-13-5-6-15(22)8-14(13)9-25)16(21)10-26(12)20-17(23)3-2-4-18(20)24/h2-8H,9-11,25H2,1H3. The van der Waals surface area contributed by atoms with E-state index in [4.69, 9.17) is 22.1 Å². The Morgan fingerprint density at radius 2 is 1.81 bits per heavy atom. The summed E-state index contributed by atoms with van der Waals surface area (Å²) in [6.07, 6.45) is 1.61. The molecule has 0 saturated heterocycles. The zero-order valence-corrected chi connectivity index (χ0v) is 15.4. The molecular weight excluding hydrogens is 377 g/mol. The number of rotatable bonds is 5. The Hall–Kier alpha value is -2.44. The Morgan fingerprint density at radius 3 is 2.48 bits per heavy atom. The van der Waals surface area contributed by atoms with Crippen molar-refractivity contribution in [2.24, 2.45) is 5.73 Å². The molecule has 142 valence electrons. The van der Waals surface area contributed by atoms with Crippen molar-refractivity contribution in [2.45, 2.75) is 20.1 Å². The van der Waals surface area contributed by atoms with Crippen LogP contribution in [-0.2, 0) is 17.9 Å². The molecule has 0 atom stereocenters. The molecule has 7 heteroatoms. The lowest BCUT2D eigenvalue weighted by Gasteiger charge is -2.30. The number of hydrogen-bond donors (Lipinski definition) is 1. The lowest BCUT2D eigenvalue weighted by atomic mass is 10.1. The van der Waals surface area contributed by atoms with E-state index in [2.05, 4.69) is 0 Å². The summed E-state index contributed by atoms with van der Waals surface area (Å²) in [6, 6.07) is 7.99. The van der Waals surface area contributed by atoms with Gasteiger partial charge in [-0.15, -0.1) is 0 Å². The molecule has 0 spiro atoms. The van der Waals surface area contributed by atoms with Crippen molar-refractivity contribution < 1.29 is 17.9 Å². The number of hydrogen-bond acceptors (Lipinski definition) is 3. The van der Waals surface area contributed by atoms with E-state index in [-0.39, 0.29) is 31.2 Å². The fourth-order valence-corrected chi connectivity index (χ4v) is 3.12. The van der Waals surface area contributed by atoms with E-state index in [9.17, 15) is 13.2 Å². The highest BCUT2D eigenvalue weighted by molar-refractivity contribution is 6.30. The van der Waals surface area contributed by atoms with Gasteiger partial charge in [0, 0.05) is 18.3 Å². The van der Waals surface area contributed by atoms with E-state index in [1.54, 1.807) is 19.1 Å². The second-order valence-corrected chi connectivity index (χ2v) is 6.57. The number of halogens is 4. The summed E-state index contributed by atoms with van der Waals surface area (Å²) < 4.78 is 47.2. The summed E-state index contributed by atoms with van der Waals surface area (Å²) in [7, 11) is 0. The summed E-state index contributed by atoms with van der Waals surface area (Å²) >= 11 is 6.30. The van der Waals surface area contributed by atoms with E-state index >= 15 is 0 Å². The molecule has 2 aromatic rings. The van der Waals surface area contributed by atoms with E-state index in [1.165, 1.54) is 35.2 Å². The number of benzene rings is 2. The zero-order chi connectivity index (χ0) is 19.6. The van der Waals surface area contributed by atoms with Crippen LogP contribution in [-0.4, -0.2) is 6.54 Å². The Balaban J connectivity index is 1.80. The first-order valence-electron chi connectivity index (χ1n) is 8.29. The number of ether oxygens (including phenoxy) is 1. The Kier molecular flexibility index (Phi) is 5.77. The molecule has 0 amide bonds. The first-order chi connectivity index (χ1) is 12.9. The number of nitrogens with two attached hydrogens (primary N) is 1. The highest BCUT2D eigenvalue weighted by Crippen LogP contribution is 2.32. The largest absolute Gasteiger partial charge is 0.488 e. The monoisotopic (exact) mass is 394 g/mol. The minimum Gasteiger partial charge on any atom is -0.488 e. The Labute approximate surface area is 160 Å². The van der Waals surface area contributed by atoms with Gasteiger partial charge in [0.25, 0.3) is 0 Å². The van der Waals surface area contributed by atoms with Gasteiger partial charge in [0.05, 0.1) is 11.6 Å². The quantitative estimate of drug-likeness (QED) is 0.779. The molecule has 0 bridgehead atoms. The van der Waals surface area contributed by atoms with E-state index < -0.39 is 11.6 Å². The highest BCUT2D eigenvalue weighted by Gasteiger charge is 2.24. The van der Waals surface area contributed by atoms with Crippen molar-refractivity contribution in [2.75, 3.05) is 11.4 Å². The van der Waals surface area contributed by atoms with Gasteiger partial charge in [0.2, 0.25) is 0 Å². The molecule has 27 heavy (non-hydrogen) atoms. The second kappa shape index (κ2) is 8.06. The van der Waals surface area contributed by atoms with Gasteiger partial charge in [-0.1, -0.05) is 23.7 Å². The first kappa shape index (κ1) is 19.3. The molecule has 2 N–H and O–H groups in total. The average Bonchev–Trinajstić information content (AvgIpc) is 2.63. The van der Waals surface area contributed by atoms with Crippen molar-refractivity contribution in [3.05, 3.63) is 87.5 Å². The van der Waals surface area contributed by atoms with Crippen LogP contribution in [0.4, 0.5) is 18.9 Å². The lowest BCUT2D eigenvalue weighted by Crippen LogP contribution is -2.28. The fraction of sp³-hybridized carbons (Fsp3) is 0.200. The van der Waals surface area contributed by atoms with Gasteiger partial charge in [-0.25, -0.2) is 13.2 Å². The SMILES string of the molecule is CC1=CC(OCc2ccc(F)cc2CN)=C(Cl)CN1c1c(F)cccc1F. The molecule has 0 aromatic heterocycles. The van der Waals surface area contributed by atoms with Crippen LogP contribution in [0.15, 0.2) is 59.0 Å². The number of nitrogens with zero attached hydrogens (tertiary/aromatic N) is 1. The van der Waals surface area contributed by atoms with Crippen molar-refractivity contribution in [1.29, 1.82) is 0 Å². The van der Waals surface area contributed by atoms with Crippen molar-refractivity contribution in [3.63, 3.8) is 0 Å². The molecule has 0 aliphatic carbocycles. The van der Waals surface area contributed by atoms with Gasteiger partial charge < -0.3 is 15.4 Å². The van der Waals surface area contributed by atoms with Crippen LogP contribution in [0.2, 0.25) is 0 Å². The minimum atomic E-state index is -0.671. The molecule has 1 heterocycles. The molecule has 0 radical (unpaired) electrons. The second-order valence-electron chi connectivity index (χ2n) is 6.12. The van der Waals surface area contributed by atoms with Crippen LogP contribution in [0.1, 0.15) is 18.1 Å². The van der Waals surface area contributed by atoms with Crippen molar-refractivity contribution in [3.8, 4) is 0 Å². The Morgan fingerprint density at radius 1 is 1.11 bits per heavy atom. The summed E-state index contributed by atoms with van der Waals surface area (Å²) in [4.78, 5) is 1.45. The van der Waals surface area contributed by atoms with Gasteiger partial charge in [-0.2, -0.15) is 0 Å². The number of para-hydroxylation sites is 1. The predicted molar refractivity (Wildman–Crippen MR) is 99.4 cm³/mol. The smallest absolute Gasteiger partial charge is 0.149 e. The molecule has 1 aliphatic rings. The van der Waals surface area contributed by atoms with Crippen LogP contribution in [0, 0.1) is 17.5 Å². The van der Waals surface area contributed by atoms with Crippen LogP contribution >= 0.6 is 11.6 Å². The normalized spacial score (nSPS) is 14.4. The van der Waals surface area contributed by atoms with E-state index in [1.807, 2.05) is 0 Å². The summed E-state index contributed by atoms with van der Waals surface area (Å²) in [5.41, 5.74) is 7.44. The van der Waals surface area contributed by atoms with Gasteiger partial charge in [-0.05, 0) is 42.3 Å². The maximum Gasteiger partial charge on any atom is 0.149 e. The molecule has 3 nitrogen and oxygen atoms in total. The molecule has 2 aromatic carbocycles. The maximum atomic E-state index is 14.1. The summed E-state index contributed by atoms with van der Waals surface area (Å²) in [6.45, 7) is 2.11. The third-order valence-corrected chi connectivity index (χ3v) is 4.61. The molecule has 0 saturated carbocycles. The van der Waals surface area contributed by atoms with Crippen LogP contribution in [0.5, 0.6) is 0 Å². The third-order valence-electron chi connectivity index (χ3n) is 4.31. The molecular formula is C20H18ClF3N2O. The van der Waals surface area contributed by atoms with Crippen LogP contribution in [0.3, 0.4) is 0 Å². The van der Waals surface area contributed by atoms with E-state index in [0.29, 0.717) is 22.1 Å². The fourth-order valence-electron chi connectivity index (χ4n) is 2.89. The van der Waals surface area contributed by atoms with Gasteiger partial charge in [-0.3, -0.25) is 0 Å². The predicted octanol–water partition coefficient (Wildman–Crippen LogP) is 4.95. The molecule has 1 aliphatic heterocycles. The number of allylic oxidation sites excluding steroid dienone is 2. The van der Waals surface area contributed by atoms with Crippen LogP contribution in [0.25, 0.3) is 0 Å². The average molecular weight is 395 g/mol. The van der Waals surface area contributed by atoms with Gasteiger partial charge in [0.1, 0.15) is 35.5 Å². The van der Waals surface area contributed by atoms with Crippen molar-refractivity contribution >= 4 is 17.3 Å². The van der Waals surface area contributed by atoms with E-state index in [0.717, 1.165) is 5.56 Å². The maximum absolute atomic E-state index is 14.1. The minimum absolute atomic E-state index is 0.0737. The zero-order valence-electron chi connectivity index (χ0n) is 14.6. The Bertz CT molecular complexity index is 907.